The van der Waals surface area contributed by atoms with Gasteiger partial charge in [-0.3, -0.25) is 10.1 Å². The molecule has 0 fully saturated rings. The van der Waals surface area contributed by atoms with Gasteiger partial charge in [0.15, 0.2) is 0 Å². The number of nitrogens with zero attached hydrogens (tertiary/aromatic N) is 2. The van der Waals surface area contributed by atoms with Crippen molar-refractivity contribution in [2.24, 2.45) is 0 Å². The van der Waals surface area contributed by atoms with Crippen LogP contribution >= 0.6 is 46.3 Å². The van der Waals surface area contributed by atoms with E-state index < -0.39 is 0 Å². The Hall–Kier alpha value is -1.54. The number of carbonyl (C=O) groups is 1. The first-order valence-corrected chi connectivity index (χ1v) is 9.91. The Balaban J connectivity index is 1.62. The van der Waals surface area contributed by atoms with Crippen LogP contribution in [0.15, 0.2) is 39.6 Å². The molecule has 1 amide bonds. The van der Waals surface area contributed by atoms with E-state index in [0.29, 0.717) is 14.2 Å². The van der Waals surface area contributed by atoms with Crippen molar-refractivity contribution >= 4 is 58.2 Å². The highest BCUT2D eigenvalue weighted by Gasteiger charge is 2.16. The Morgan fingerprint density at radius 3 is 2.68 bits per heavy atom. The minimum absolute atomic E-state index is 0.0246. The van der Waals surface area contributed by atoms with Crippen molar-refractivity contribution in [3.63, 3.8) is 0 Å². The van der Waals surface area contributed by atoms with Crippen molar-refractivity contribution in [1.29, 1.82) is 0 Å². The molecule has 0 bridgehead atoms. The maximum atomic E-state index is 12.1. The Bertz CT molecular complexity index is 878. The molecule has 3 rings (SSSR count). The van der Waals surface area contributed by atoms with Gasteiger partial charge in [0.05, 0.1) is 16.3 Å². The molecule has 0 spiro atoms. The molecule has 0 aliphatic heterocycles. The van der Waals surface area contributed by atoms with Gasteiger partial charge in [0.1, 0.15) is 4.34 Å². The molecule has 2 aromatic heterocycles. The molecule has 0 aliphatic rings. The first-order valence-electron chi connectivity index (χ1n) is 7.35. The third-order valence-electron chi connectivity index (χ3n) is 3.16. The van der Waals surface area contributed by atoms with Gasteiger partial charge in [-0.2, -0.15) is 0 Å². The summed E-state index contributed by atoms with van der Waals surface area (Å²) < 4.78 is 6.41. The third kappa shape index (κ3) is 4.76. The fraction of sp³-hybridized carbons (Fsp3) is 0.188. The predicted molar refractivity (Wildman–Crippen MR) is 103 cm³/mol. The number of thioether (sulfide) groups is 1. The summed E-state index contributed by atoms with van der Waals surface area (Å²) in [6, 6.07) is 9.54. The van der Waals surface area contributed by atoms with Crippen LogP contribution in [-0.4, -0.2) is 21.9 Å². The van der Waals surface area contributed by atoms with Gasteiger partial charge in [0, 0.05) is 4.90 Å². The molecule has 1 N–H and O–H groups in total. The maximum Gasteiger partial charge on any atom is 0.322 e. The van der Waals surface area contributed by atoms with Crippen molar-refractivity contribution in [2.75, 3.05) is 11.1 Å². The van der Waals surface area contributed by atoms with Crippen LogP contribution in [0.4, 0.5) is 6.01 Å². The second-order valence-corrected chi connectivity index (χ2v) is 8.58. The van der Waals surface area contributed by atoms with Gasteiger partial charge in [-0.05, 0) is 29.5 Å². The molecule has 25 heavy (non-hydrogen) atoms. The molecule has 9 heteroatoms. The summed E-state index contributed by atoms with van der Waals surface area (Å²) in [6.07, 6.45) is 0.222. The summed E-state index contributed by atoms with van der Waals surface area (Å²) in [7, 11) is 0. The molecule has 5 nitrogen and oxygen atoms in total. The van der Waals surface area contributed by atoms with E-state index in [1.807, 2.05) is 24.3 Å². The highest BCUT2D eigenvalue weighted by molar-refractivity contribution is 7.99. The molecule has 3 aromatic rings. The number of nitrogens with one attached hydrogen (secondary N) is 1. The quantitative estimate of drug-likeness (QED) is 0.547. The largest absolute Gasteiger partial charge is 0.403 e. The summed E-state index contributed by atoms with van der Waals surface area (Å²) >= 11 is 14.9. The lowest BCUT2D eigenvalue weighted by Gasteiger charge is -2.03. The molecule has 0 atom stereocenters. The zero-order chi connectivity index (χ0) is 17.8. The first kappa shape index (κ1) is 18.3. The number of benzene rings is 1. The van der Waals surface area contributed by atoms with E-state index in [9.17, 15) is 4.79 Å². The smallest absolute Gasteiger partial charge is 0.322 e. The van der Waals surface area contributed by atoms with Crippen LogP contribution in [-0.2, 0) is 11.2 Å². The molecule has 1 aromatic carbocycles. The number of halogens is 2. The topological polar surface area (TPSA) is 68.0 Å². The molecule has 0 saturated heterocycles. The van der Waals surface area contributed by atoms with E-state index in [4.69, 9.17) is 27.6 Å². The highest BCUT2D eigenvalue weighted by Crippen LogP contribution is 2.37. The van der Waals surface area contributed by atoms with E-state index in [-0.39, 0.29) is 24.2 Å². The van der Waals surface area contributed by atoms with Crippen LogP contribution in [0.25, 0.3) is 11.5 Å². The van der Waals surface area contributed by atoms with Gasteiger partial charge in [0.2, 0.25) is 5.91 Å². The number of anilines is 1. The van der Waals surface area contributed by atoms with Gasteiger partial charge >= 0.3 is 6.01 Å². The van der Waals surface area contributed by atoms with Crippen LogP contribution in [0.3, 0.4) is 0 Å². The molecule has 0 radical (unpaired) electrons. The summed E-state index contributed by atoms with van der Waals surface area (Å²) in [4.78, 5) is 13.3. The highest BCUT2D eigenvalue weighted by atomic mass is 35.5. The SMILES string of the molecule is CCSc1ccc(CC(=O)Nc2nnc(-c3cc(Cl)sc3Cl)o2)cc1. The number of amides is 1. The summed E-state index contributed by atoms with van der Waals surface area (Å²) in [5, 5.41) is 10.3. The van der Waals surface area contributed by atoms with Gasteiger partial charge in [-0.25, -0.2) is 0 Å². The van der Waals surface area contributed by atoms with Crippen LogP contribution in [0.1, 0.15) is 12.5 Å². The molecular weight excluding hydrogens is 401 g/mol. The van der Waals surface area contributed by atoms with Crippen molar-refractivity contribution in [1.82, 2.24) is 10.2 Å². The number of rotatable bonds is 6. The van der Waals surface area contributed by atoms with Gasteiger partial charge in [-0.1, -0.05) is 47.4 Å². The number of carbonyl (C=O) groups excluding carboxylic acids is 1. The first-order chi connectivity index (χ1) is 12.0. The normalized spacial score (nSPS) is 10.8. The average Bonchev–Trinajstić information content (AvgIpc) is 3.15. The fourth-order valence-corrected chi connectivity index (χ4v) is 4.20. The standard InChI is InChI=1S/C16H13Cl2N3O2S2/c1-2-24-10-5-3-9(4-6-10)7-13(22)19-16-21-20-15(23-16)11-8-12(17)25-14(11)18/h3-6,8H,2,7H2,1H3,(H,19,21,22). The Labute approximate surface area is 162 Å². The minimum Gasteiger partial charge on any atom is -0.403 e. The van der Waals surface area contributed by atoms with Crippen molar-refractivity contribution in [3.8, 4) is 11.5 Å². The van der Waals surface area contributed by atoms with Crippen LogP contribution in [0, 0.1) is 0 Å². The minimum atomic E-state index is -0.236. The lowest BCUT2D eigenvalue weighted by atomic mass is 10.1. The lowest BCUT2D eigenvalue weighted by molar-refractivity contribution is -0.115. The summed E-state index contributed by atoms with van der Waals surface area (Å²) in [5.74, 6) is 0.989. The number of aromatic nitrogens is 2. The van der Waals surface area contributed by atoms with Crippen molar-refractivity contribution in [2.45, 2.75) is 18.2 Å². The van der Waals surface area contributed by atoms with Crippen LogP contribution in [0.2, 0.25) is 8.67 Å². The lowest BCUT2D eigenvalue weighted by Crippen LogP contribution is -2.14. The van der Waals surface area contributed by atoms with E-state index >= 15 is 0 Å². The summed E-state index contributed by atoms with van der Waals surface area (Å²) in [5.41, 5.74) is 1.46. The van der Waals surface area contributed by atoms with Crippen molar-refractivity contribution in [3.05, 3.63) is 44.6 Å². The number of hydrogen-bond acceptors (Lipinski definition) is 6. The molecule has 0 unspecified atom stereocenters. The second-order valence-electron chi connectivity index (χ2n) is 4.95. The van der Waals surface area contributed by atoms with Gasteiger partial charge < -0.3 is 4.42 Å². The molecule has 0 saturated carbocycles. The predicted octanol–water partition coefficient (Wildman–Crippen LogP) is 5.40. The molecular formula is C16H13Cl2N3O2S2. The Morgan fingerprint density at radius 1 is 1.28 bits per heavy atom. The summed E-state index contributed by atoms with van der Waals surface area (Å²) in [6.45, 7) is 2.10. The Morgan fingerprint density at radius 2 is 2.04 bits per heavy atom. The van der Waals surface area contributed by atoms with Gasteiger partial charge in [0.25, 0.3) is 5.89 Å². The van der Waals surface area contributed by atoms with Crippen LogP contribution < -0.4 is 5.32 Å². The fourth-order valence-electron chi connectivity index (χ4n) is 2.09. The Kier molecular flexibility index (Phi) is 6.01. The van der Waals surface area contributed by atoms with E-state index in [2.05, 4.69) is 22.4 Å². The zero-order valence-corrected chi connectivity index (χ0v) is 16.2. The third-order valence-corrected chi connectivity index (χ3v) is 5.54. The number of hydrogen-bond donors (Lipinski definition) is 1. The van der Waals surface area contributed by atoms with Crippen molar-refractivity contribution < 1.29 is 9.21 Å². The van der Waals surface area contributed by atoms with Crippen LogP contribution in [0.5, 0.6) is 0 Å². The molecule has 130 valence electrons. The zero-order valence-electron chi connectivity index (χ0n) is 13.1. The monoisotopic (exact) mass is 413 g/mol. The van der Waals surface area contributed by atoms with E-state index in [1.165, 1.54) is 16.2 Å². The molecule has 2 heterocycles. The second kappa shape index (κ2) is 8.23. The number of thiophene rings is 1. The van der Waals surface area contributed by atoms with E-state index in [0.717, 1.165) is 11.3 Å². The average molecular weight is 414 g/mol. The maximum absolute atomic E-state index is 12.1. The van der Waals surface area contributed by atoms with E-state index in [1.54, 1.807) is 17.8 Å². The van der Waals surface area contributed by atoms with Gasteiger partial charge in [-0.15, -0.1) is 28.2 Å². The molecule has 0 aliphatic carbocycles.